The predicted molar refractivity (Wildman–Crippen MR) is 151 cm³/mol. The number of hydrogen-bond acceptors (Lipinski definition) is 0. The van der Waals surface area contributed by atoms with Crippen LogP contribution in [0, 0.1) is 0 Å². The van der Waals surface area contributed by atoms with Crippen LogP contribution in [0.5, 0.6) is 0 Å². The predicted octanol–water partition coefficient (Wildman–Crippen LogP) is 6.50. The minimum Gasteiger partial charge on any atom is -0.0675 e. The highest BCUT2D eigenvalue weighted by Gasteiger charge is 2.51. The van der Waals surface area contributed by atoms with Gasteiger partial charge in [-0.15, -0.1) is 0 Å². The maximum atomic E-state index is 3.00. The molecule has 0 aliphatic carbocycles. The second kappa shape index (κ2) is 9.15. The molecule has 30 heavy (non-hydrogen) atoms. The monoisotopic (exact) mass is 474 g/mol. The van der Waals surface area contributed by atoms with Gasteiger partial charge in [0.25, 0.3) is 0 Å². The molecule has 0 radical (unpaired) electrons. The van der Waals surface area contributed by atoms with E-state index in [0.717, 1.165) is 0 Å². The number of hydrogen-bond donors (Lipinski definition) is 0. The smallest absolute Gasteiger partial charge is 0.0675 e. The second-order valence-electron chi connectivity index (χ2n) is 10.9. The molecule has 0 unspecified atom stereocenters. The Bertz CT molecular complexity index is 615. The molecule has 1 aromatic rings. The van der Waals surface area contributed by atoms with Crippen LogP contribution >= 0.6 is 0 Å². The minimum atomic E-state index is -1.31. The first kappa shape index (κ1) is 24.7. The highest BCUT2D eigenvalue weighted by atomic mass is 28.3. The fourth-order valence-electron chi connectivity index (χ4n) is 7.79. The van der Waals surface area contributed by atoms with Crippen LogP contribution in [0.15, 0.2) is 12.1 Å². The minimum absolute atomic E-state index is 1.31. The van der Waals surface area contributed by atoms with Crippen molar-refractivity contribution >= 4 is 53.0 Å². The Morgan fingerprint density at radius 3 is 0.700 bits per heavy atom. The van der Waals surface area contributed by atoms with E-state index in [-0.39, 0.29) is 0 Å². The molecule has 1 aromatic carbocycles. The Balaban J connectivity index is 2.42. The van der Waals surface area contributed by atoms with Gasteiger partial charge in [-0.25, -0.2) is 0 Å². The first-order valence-electron chi connectivity index (χ1n) is 13.6. The molecule has 0 bridgehead atoms. The van der Waals surface area contributed by atoms with Crippen molar-refractivity contribution in [3.05, 3.63) is 12.1 Å². The molecule has 0 atom stereocenters. The average molecular weight is 475 g/mol. The highest BCUT2D eigenvalue weighted by molar-refractivity contribution is 7.08. The molecular weight excluding hydrogens is 425 g/mol. The fourth-order valence-corrected chi connectivity index (χ4v) is 32.2. The summed E-state index contributed by atoms with van der Waals surface area (Å²) in [7, 11) is -5.26. The topological polar surface area (TPSA) is 0 Å². The standard InChI is InChI=1S/C26H50Si4/c1-9-27(10-2)17-18-28(11-3,12-4)24-22-26-25(21-23(24)27)29(13-5,14-6)19-20-30(26,15-7)16-8/h21-22H,9-20H2,1-8H3. The van der Waals surface area contributed by atoms with Crippen molar-refractivity contribution in [1.82, 2.24) is 0 Å². The Morgan fingerprint density at radius 1 is 0.400 bits per heavy atom. The van der Waals surface area contributed by atoms with Gasteiger partial charge in [0.1, 0.15) is 0 Å². The van der Waals surface area contributed by atoms with Crippen LogP contribution in [0.2, 0.25) is 72.5 Å². The Morgan fingerprint density at radius 2 is 0.567 bits per heavy atom. The molecule has 2 aliphatic heterocycles. The lowest BCUT2D eigenvalue weighted by atomic mass is 10.3. The molecule has 3 rings (SSSR count). The summed E-state index contributed by atoms with van der Waals surface area (Å²) < 4.78 is 0. The van der Waals surface area contributed by atoms with Gasteiger partial charge >= 0.3 is 0 Å². The van der Waals surface area contributed by atoms with E-state index in [1.54, 1.807) is 24.2 Å². The zero-order valence-electron chi connectivity index (χ0n) is 21.6. The molecular formula is C26H50Si4. The molecule has 0 aromatic heterocycles. The van der Waals surface area contributed by atoms with E-state index >= 15 is 0 Å². The van der Waals surface area contributed by atoms with Crippen molar-refractivity contribution in [3.63, 3.8) is 0 Å². The van der Waals surface area contributed by atoms with E-state index in [2.05, 4.69) is 67.5 Å². The van der Waals surface area contributed by atoms with E-state index in [9.17, 15) is 0 Å². The summed E-state index contributed by atoms with van der Waals surface area (Å²) in [5.74, 6) is 0. The van der Waals surface area contributed by atoms with Gasteiger partial charge in [0, 0.05) is 0 Å². The van der Waals surface area contributed by atoms with Crippen LogP contribution < -0.4 is 20.7 Å². The van der Waals surface area contributed by atoms with Crippen molar-refractivity contribution < 1.29 is 0 Å². The van der Waals surface area contributed by atoms with Crippen LogP contribution in [-0.2, 0) is 0 Å². The third-order valence-electron chi connectivity index (χ3n) is 11.0. The summed E-state index contributed by atoms with van der Waals surface area (Å²) in [6.07, 6.45) is 0. The van der Waals surface area contributed by atoms with Crippen LogP contribution in [0.25, 0.3) is 0 Å². The molecule has 0 N–H and O–H groups in total. The number of fused-ring (bicyclic) bond motifs is 2. The molecule has 2 heterocycles. The van der Waals surface area contributed by atoms with Gasteiger partial charge in [-0.05, 0) is 0 Å². The van der Waals surface area contributed by atoms with Gasteiger partial charge in [0.15, 0.2) is 0 Å². The van der Waals surface area contributed by atoms with Crippen molar-refractivity contribution in [2.45, 2.75) is 128 Å². The first-order valence-corrected chi connectivity index (χ1v) is 24.0. The van der Waals surface area contributed by atoms with Crippen molar-refractivity contribution in [2.24, 2.45) is 0 Å². The summed E-state index contributed by atoms with van der Waals surface area (Å²) in [5.41, 5.74) is 0. The van der Waals surface area contributed by atoms with E-state index < -0.39 is 32.3 Å². The maximum absolute atomic E-state index is 3.00. The summed E-state index contributed by atoms with van der Waals surface area (Å²) in [5, 5.41) is 8.07. The lowest BCUT2D eigenvalue weighted by Crippen LogP contribution is -2.74. The van der Waals surface area contributed by atoms with E-state index in [1.165, 1.54) is 48.4 Å². The van der Waals surface area contributed by atoms with Crippen LogP contribution in [-0.4, -0.2) is 32.3 Å². The summed E-state index contributed by atoms with van der Waals surface area (Å²) in [6, 6.07) is 24.2. The molecule has 170 valence electrons. The Kier molecular flexibility index (Phi) is 7.54. The zero-order chi connectivity index (χ0) is 22.2. The van der Waals surface area contributed by atoms with E-state index in [1.807, 2.05) is 20.7 Å². The summed E-state index contributed by atoms with van der Waals surface area (Å²) >= 11 is 0. The third kappa shape index (κ3) is 3.38. The lowest BCUT2D eigenvalue weighted by molar-refractivity contribution is 1.11. The fraction of sp³-hybridized carbons (Fsp3) is 0.769. The SMILES string of the molecule is CC[Si]1(CC)CC[Si](CC)(CC)c2cc3c(cc21)[Si](CC)(CC)CC[Si]3(CC)CC. The van der Waals surface area contributed by atoms with Gasteiger partial charge < -0.3 is 0 Å². The van der Waals surface area contributed by atoms with E-state index in [0.29, 0.717) is 0 Å². The molecule has 0 saturated heterocycles. The van der Waals surface area contributed by atoms with Crippen LogP contribution in [0.3, 0.4) is 0 Å². The molecule has 0 spiro atoms. The zero-order valence-corrected chi connectivity index (χ0v) is 25.6. The number of benzene rings is 1. The van der Waals surface area contributed by atoms with Crippen molar-refractivity contribution in [3.8, 4) is 0 Å². The van der Waals surface area contributed by atoms with Gasteiger partial charge in [-0.2, -0.15) is 0 Å². The molecule has 0 saturated carbocycles. The Hall–Kier alpha value is 0.0875. The van der Waals surface area contributed by atoms with Crippen molar-refractivity contribution in [1.29, 1.82) is 0 Å². The molecule has 0 amide bonds. The largest absolute Gasteiger partial charge is 0.0857 e. The van der Waals surface area contributed by atoms with E-state index in [4.69, 9.17) is 0 Å². The van der Waals surface area contributed by atoms with Gasteiger partial charge in [0.05, 0.1) is 32.3 Å². The highest BCUT2D eigenvalue weighted by Crippen LogP contribution is 2.38. The maximum Gasteiger partial charge on any atom is 0.0857 e. The lowest BCUT2D eigenvalue weighted by Gasteiger charge is -2.50. The van der Waals surface area contributed by atoms with Crippen LogP contribution in [0.1, 0.15) is 55.4 Å². The molecule has 2 aliphatic rings. The first-order chi connectivity index (χ1) is 14.4. The van der Waals surface area contributed by atoms with Gasteiger partial charge in [-0.1, -0.05) is 161 Å². The quantitative estimate of drug-likeness (QED) is 0.377. The second-order valence-corrected chi connectivity index (χ2v) is 30.9. The molecule has 0 nitrogen and oxygen atoms in total. The average Bonchev–Trinajstić information content (AvgIpc) is 2.82. The normalized spacial score (nSPS) is 22.9. The summed E-state index contributed by atoms with van der Waals surface area (Å²) in [4.78, 5) is 0. The number of rotatable bonds is 8. The van der Waals surface area contributed by atoms with Gasteiger partial charge in [0.2, 0.25) is 0 Å². The Labute approximate surface area is 192 Å². The molecule has 4 heteroatoms. The summed E-state index contributed by atoms with van der Waals surface area (Å²) in [6.45, 7) is 20.4. The third-order valence-corrected chi connectivity index (χ3v) is 34.4. The van der Waals surface area contributed by atoms with Crippen LogP contribution in [0.4, 0.5) is 0 Å². The van der Waals surface area contributed by atoms with Gasteiger partial charge in [-0.3, -0.25) is 0 Å². The van der Waals surface area contributed by atoms with Crippen molar-refractivity contribution in [2.75, 3.05) is 0 Å². The molecule has 0 fully saturated rings.